The lowest BCUT2D eigenvalue weighted by atomic mass is 9.87. The van der Waals surface area contributed by atoms with Gasteiger partial charge in [0.1, 0.15) is 18.2 Å². The number of rotatable bonds is 5. The van der Waals surface area contributed by atoms with Crippen LogP contribution in [0.1, 0.15) is 40.3 Å². The largest absolute Gasteiger partial charge is 0.387 e. The molecule has 2 atom stereocenters. The Hall–Kier alpha value is -6.43. The van der Waals surface area contributed by atoms with Gasteiger partial charge in [-0.2, -0.15) is 0 Å². The van der Waals surface area contributed by atoms with Crippen molar-refractivity contribution in [1.29, 1.82) is 0 Å². The molecule has 0 saturated carbocycles. The summed E-state index contributed by atoms with van der Waals surface area (Å²) < 4.78 is 2.39. The first-order valence-corrected chi connectivity index (χ1v) is 17.6. The van der Waals surface area contributed by atoms with Crippen LogP contribution in [0.5, 0.6) is 0 Å². The summed E-state index contributed by atoms with van der Waals surface area (Å²) in [4.78, 5) is 5.46. The van der Waals surface area contributed by atoms with Crippen LogP contribution in [0.25, 0.3) is 55.3 Å². The molecule has 0 spiro atoms. The molecule has 0 saturated heterocycles. The van der Waals surface area contributed by atoms with Crippen molar-refractivity contribution in [3.8, 4) is 16.8 Å². The highest BCUT2D eigenvalue weighted by Gasteiger charge is 2.29. The third kappa shape index (κ3) is 4.93. The standard InChI is InChI=1S/C46H35N5/c1-3-13-31(14-4-1)44-48-45(32-15-5-2-6-16-32)50-46(49-44)43-38-21-10-8-18-35(38)34-17-7-9-20-37(34)42(43)30-23-25-33(26-24-30)51-40-22-12-11-19-36(40)39-29-47-28-27-41(39)51/h1-28,44-45,47-48H,29H2,(H,49,50). The SMILES string of the molecule is C1=Cc2c(c3ccccc3n2-c2ccc(-c3c(C4=NC(c5ccccc5)NC(c5ccccc5)N4)c4ccccc4c4ccccc34)cc2)CN1. The third-order valence-corrected chi connectivity index (χ3v) is 10.4. The summed E-state index contributed by atoms with van der Waals surface area (Å²) in [5.74, 6) is 0.876. The minimum atomic E-state index is -0.233. The van der Waals surface area contributed by atoms with Gasteiger partial charge in [-0.3, -0.25) is 5.32 Å². The lowest BCUT2D eigenvalue weighted by molar-refractivity contribution is 0.409. The van der Waals surface area contributed by atoms with Crippen LogP contribution >= 0.6 is 0 Å². The van der Waals surface area contributed by atoms with Gasteiger partial charge in [-0.25, -0.2) is 4.99 Å². The third-order valence-electron chi connectivity index (χ3n) is 10.4. The minimum absolute atomic E-state index is 0.139. The Balaban J connectivity index is 1.20. The van der Waals surface area contributed by atoms with E-state index in [-0.39, 0.29) is 12.3 Å². The van der Waals surface area contributed by atoms with Crippen molar-refractivity contribution in [3.05, 3.63) is 192 Å². The first-order chi connectivity index (χ1) is 25.3. The van der Waals surface area contributed by atoms with E-state index in [0.29, 0.717) is 0 Å². The van der Waals surface area contributed by atoms with Gasteiger partial charge < -0.3 is 15.2 Å². The number of nitrogens with one attached hydrogen (secondary N) is 3. The molecule has 0 fully saturated rings. The smallest absolute Gasteiger partial charge is 0.133 e. The zero-order valence-electron chi connectivity index (χ0n) is 27.9. The molecule has 0 amide bonds. The minimum Gasteiger partial charge on any atom is -0.387 e. The van der Waals surface area contributed by atoms with Crippen LogP contribution in [0, 0.1) is 0 Å². The first kappa shape index (κ1) is 29.5. The summed E-state index contributed by atoms with van der Waals surface area (Å²) in [6, 6.07) is 56.5. The summed E-state index contributed by atoms with van der Waals surface area (Å²) in [5, 5.41) is 17.2. The van der Waals surface area contributed by atoms with Crippen LogP contribution in [0.2, 0.25) is 0 Å². The topological polar surface area (TPSA) is 53.4 Å². The predicted octanol–water partition coefficient (Wildman–Crippen LogP) is 10.0. The number of amidine groups is 1. The zero-order valence-corrected chi connectivity index (χ0v) is 27.9. The van der Waals surface area contributed by atoms with E-state index in [1.807, 2.05) is 0 Å². The van der Waals surface area contributed by atoms with Gasteiger partial charge in [-0.15, -0.1) is 0 Å². The quantitative estimate of drug-likeness (QED) is 0.162. The van der Waals surface area contributed by atoms with E-state index in [4.69, 9.17) is 4.99 Å². The molecule has 0 bridgehead atoms. The number of hydrogen-bond donors (Lipinski definition) is 3. The van der Waals surface area contributed by atoms with Gasteiger partial charge in [-0.05, 0) is 68.7 Å². The maximum absolute atomic E-state index is 5.46. The highest BCUT2D eigenvalue weighted by atomic mass is 15.3. The average molecular weight is 658 g/mol. The van der Waals surface area contributed by atoms with Crippen LogP contribution < -0.4 is 16.0 Å². The van der Waals surface area contributed by atoms with E-state index in [0.717, 1.165) is 40.3 Å². The van der Waals surface area contributed by atoms with Gasteiger partial charge in [0, 0.05) is 34.3 Å². The molecule has 5 nitrogen and oxygen atoms in total. The van der Waals surface area contributed by atoms with Gasteiger partial charge in [0.2, 0.25) is 0 Å². The highest BCUT2D eigenvalue weighted by Crippen LogP contribution is 2.41. The van der Waals surface area contributed by atoms with Crippen molar-refractivity contribution in [2.75, 3.05) is 0 Å². The Labute approximate surface area is 296 Å². The van der Waals surface area contributed by atoms with Crippen LogP contribution in [0.15, 0.2) is 169 Å². The van der Waals surface area contributed by atoms with E-state index < -0.39 is 0 Å². The second-order valence-corrected chi connectivity index (χ2v) is 13.3. The number of aliphatic imine (C=N–C) groups is 1. The van der Waals surface area contributed by atoms with E-state index in [9.17, 15) is 0 Å². The lowest BCUT2D eigenvalue weighted by Crippen LogP contribution is -2.45. The average Bonchev–Trinajstić information content (AvgIpc) is 3.55. The van der Waals surface area contributed by atoms with Crippen molar-refractivity contribution in [3.63, 3.8) is 0 Å². The fourth-order valence-corrected chi connectivity index (χ4v) is 8.04. The van der Waals surface area contributed by atoms with Gasteiger partial charge in [0.15, 0.2) is 0 Å². The molecule has 2 unspecified atom stereocenters. The molecular weight excluding hydrogens is 623 g/mol. The van der Waals surface area contributed by atoms with Crippen LogP contribution in [-0.4, -0.2) is 10.4 Å². The van der Waals surface area contributed by atoms with Crippen LogP contribution in [-0.2, 0) is 6.54 Å². The highest BCUT2D eigenvalue weighted by molar-refractivity contribution is 6.25. The molecule has 1 aromatic heterocycles. The maximum Gasteiger partial charge on any atom is 0.133 e. The number of para-hydroxylation sites is 1. The molecule has 7 aromatic carbocycles. The second kappa shape index (κ2) is 12.2. The predicted molar refractivity (Wildman–Crippen MR) is 211 cm³/mol. The Morgan fingerprint density at radius 1 is 0.549 bits per heavy atom. The molecule has 10 rings (SSSR count). The lowest BCUT2D eigenvalue weighted by Gasteiger charge is -2.33. The zero-order chi connectivity index (χ0) is 33.7. The Bertz CT molecular complexity index is 2640. The number of nitrogens with zero attached hydrogens (tertiary/aromatic N) is 2. The molecule has 3 N–H and O–H groups in total. The Morgan fingerprint density at radius 3 is 1.84 bits per heavy atom. The fraction of sp³-hybridized carbons (Fsp3) is 0.0652. The van der Waals surface area contributed by atoms with E-state index in [1.165, 1.54) is 49.3 Å². The van der Waals surface area contributed by atoms with Crippen molar-refractivity contribution in [1.82, 2.24) is 20.5 Å². The number of hydrogen-bond acceptors (Lipinski definition) is 4. The van der Waals surface area contributed by atoms with E-state index >= 15 is 0 Å². The summed E-state index contributed by atoms with van der Waals surface area (Å²) >= 11 is 0. The normalized spacial score (nSPS) is 16.8. The number of benzene rings is 7. The van der Waals surface area contributed by atoms with Gasteiger partial charge in [0.25, 0.3) is 0 Å². The van der Waals surface area contributed by atoms with E-state index in [1.54, 1.807) is 0 Å². The molecule has 2 aliphatic rings. The number of aromatic nitrogens is 1. The molecule has 5 heteroatoms. The molecule has 3 heterocycles. The molecule has 0 radical (unpaired) electrons. The maximum atomic E-state index is 5.46. The Kier molecular flexibility index (Phi) is 7.03. The summed E-state index contributed by atoms with van der Waals surface area (Å²) in [6.45, 7) is 0.821. The van der Waals surface area contributed by atoms with Crippen molar-refractivity contribution in [2.24, 2.45) is 4.99 Å². The van der Waals surface area contributed by atoms with Crippen LogP contribution in [0.4, 0.5) is 0 Å². The Morgan fingerprint density at radius 2 is 1.14 bits per heavy atom. The second-order valence-electron chi connectivity index (χ2n) is 13.3. The number of fused-ring (bicyclic) bond motifs is 6. The monoisotopic (exact) mass is 657 g/mol. The van der Waals surface area contributed by atoms with Gasteiger partial charge in [-0.1, -0.05) is 140 Å². The van der Waals surface area contributed by atoms with Crippen molar-refractivity contribution >= 4 is 44.4 Å². The fourth-order valence-electron chi connectivity index (χ4n) is 8.04. The molecule has 8 aromatic rings. The first-order valence-electron chi connectivity index (χ1n) is 17.6. The van der Waals surface area contributed by atoms with Crippen LogP contribution in [0.3, 0.4) is 0 Å². The molecule has 2 aliphatic heterocycles. The molecule has 0 aliphatic carbocycles. The van der Waals surface area contributed by atoms with Gasteiger partial charge in [0.05, 0.1) is 11.2 Å². The summed E-state index contributed by atoms with van der Waals surface area (Å²) in [6.07, 6.45) is 3.87. The van der Waals surface area contributed by atoms with E-state index in [2.05, 4.69) is 191 Å². The van der Waals surface area contributed by atoms with Crippen molar-refractivity contribution in [2.45, 2.75) is 18.9 Å². The molecular formula is C46H35N5. The summed E-state index contributed by atoms with van der Waals surface area (Å²) in [7, 11) is 0. The van der Waals surface area contributed by atoms with Gasteiger partial charge >= 0.3 is 0 Å². The van der Waals surface area contributed by atoms with Crippen molar-refractivity contribution < 1.29 is 0 Å². The summed E-state index contributed by atoms with van der Waals surface area (Å²) in [5.41, 5.74) is 10.6. The molecule has 51 heavy (non-hydrogen) atoms. The molecule has 244 valence electrons.